The maximum atomic E-state index is 13.1. The minimum atomic E-state index is -1.54. The van der Waals surface area contributed by atoms with Crippen molar-refractivity contribution in [3.8, 4) is 0 Å². The monoisotopic (exact) mass is 594 g/mol. The summed E-state index contributed by atoms with van der Waals surface area (Å²) in [6.07, 6.45) is 6.17. The summed E-state index contributed by atoms with van der Waals surface area (Å²) < 4.78 is 18.5. The summed E-state index contributed by atoms with van der Waals surface area (Å²) in [5.74, 6) is -0.137. The van der Waals surface area contributed by atoms with E-state index in [-0.39, 0.29) is 23.9 Å². The second kappa shape index (κ2) is 12.1. The first kappa shape index (κ1) is 28.9. The molecule has 5 rings (SSSR count). The van der Waals surface area contributed by atoms with Crippen molar-refractivity contribution in [2.75, 3.05) is 5.32 Å². The van der Waals surface area contributed by atoms with Crippen LogP contribution in [-0.2, 0) is 28.5 Å². The van der Waals surface area contributed by atoms with Crippen LogP contribution in [0.1, 0.15) is 77.1 Å². The Morgan fingerprint density at radius 2 is 1.85 bits per heavy atom. The molecule has 3 amide bonds. The summed E-state index contributed by atoms with van der Waals surface area (Å²) in [6.45, 7) is 5.91. The molecule has 0 radical (unpaired) electrons. The highest BCUT2D eigenvalue weighted by molar-refractivity contribution is 7.85. The number of thiazole rings is 1. The molecule has 1 unspecified atom stereocenters. The van der Waals surface area contributed by atoms with Gasteiger partial charge in [0, 0.05) is 29.1 Å². The Labute approximate surface area is 245 Å². The topological polar surface area (TPSA) is 126 Å². The molecule has 9 nitrogen and oxygen atoms in total. The van der Waals surface area contributed by atoms with Crippen LogP contribution in [0.3, 0.4) is 0 Å². The highest BCUT2D eigenvalue weighted by Crippen LogP contribution is 2.32. The van der Waals surface area contributed by atoms with Crippen LogP contribution in [0, 0.1) is 5.92 Å². The SMILES string of the molecule is CC(C)(C)OC(=O)NC1CCC(Cc2ncc(CNC(=O)c3ccc4c(c3)NC(=O)c3ccccc3S4=O)s2)CC1. The van der Waals surface area contributed by atoms with E-state index in [0.717, 1.165) is 42.0 Å². The van der Waals surface area contributed by atoms with Gasteiger partial charge in [-0.15, -0.1) is 11.3 Å². The zero-order chi connectivity index (χ0) is 29.1. The molecule has 3 N–H and O–H groups in total. The lowest BCUT2D eigenvalue weighted by Crippen LogP contribution is -2.41. The van der Waals surface area contributed by atoms with Gasteiger partial charge in [0.15, 0.2) is 0 Å². The van der Waals surface area contributed by atoms with E-state index in [9.17, 15) is 18.6 Å². The Morgan fingerprint density at radius 3 is 2.61 bits per heavy atom. The van der Waals surface area contributed by atoms with Crippen LogP contribution in [0.15, 0.2) is 58.5 Å². The highest BCUT2D eigenvalue weighted by Gasteiger charge is 2.27. The average molecular weight is 595 g/mol. The van der Waals surface area contributed by atoms with E-state index in [1.54, 1.807) is 60.0 Å². The van der Waals surface area contributed by atoms with Crippen LogP contribution in [0.5, 0.6) is 0 Å². The number of aromatic nitrogens is 1. The molecule has 0 spiro atoms. The number of benzene rings is 2. The molecule has 1 saturated carbocycles. The van der Waals surface area contributed by atoms with Crippen LogP contribution in [0.25, 0.3) is 0 Å². The van der Waals surface area contributed by atoms with Gasteiger partial charge in [0.1, 0.15) is 5.60 Å². The molecule has 1 aliphatic carbocycles. The van der Waals surface area contributed by atoms with Gasteiger partial charge in [-0.25, -0.2) is 14.0 Å². The van der Waals surface area contributed by atoms with E-state index in [0.29, 0.717) is 39.1 Å². The van der Waals surface area contributed by atoms with Gasteiger partial charge in [-0.2, -0.15) is 0 Å². The number of ether oxygens (including phenoxy) is 1. The van der Waals surface area contributed by atoms with E-state index in [4.69, 9.17) is 4.74 Å². The number of carbonyl (C=O) groups excluding carboxylic acids is 3. The van der Waals surface area contributed by atoms with Crippen LogP contribution >= 0.6 is 11.3 Å². The minimum absolute atomic E-state index is 0.139. The minimum Gasteiger partial charge on any atom is -0.444 e. The number of hydrogen-bond acceptors (Lipinski definition) is 7. The van der Waals surface area contributed by atoms with Crippen LogP contribution in [0.4, 0.5) is 10.5 Å². The highest BCUT2D eigenvalue weighted by atomic mass is 32.2. The Morgan fingerprint density at radius 1 is 1.10 bits per heavy atom. The lowest BCUT2D eigenvalue weighted by molar-refractivity contribution is 0.0487. The predicted molar refractivity (Wildman–Crippen MR) is 158 cm³/mol. The van der Waals surface area contributed by atoms with Crippen molar-refractivity contribution in [1.29, 1.82) is 0 Å². The lowest BCUT2D eigenvalue weighted by atomic mass is 9.84. The fraction of sp³-hybridized carbons (Fsp3) is 0.400. The molecule has 2 aliphatic rings. The fourth-order valence-corrected chi connectivity index (χ4v) is 7.36. The normalized spacial score (nSPS) is 20.2. The molecule has 1 aromatic heterocycles. The number of amides is 3. The van der Waals surface area contributed by atoms with E-state index < -0.39 is 16.4 Å². The summed E-state index contributed by atoms with van der Waals surface area (Å²) in [5, 5.41) is 9.74. The molecule has 3 aromatic rings. The number of carbonyl (C=O) groups is 3. The summed E-state index contributed by atoms with van der Waals surface area (Å²) in [4.78, 5) is 44.1. The maximum absolute atomic E-state index is 13.1. The second-order valence-corrected chi connectivity index (χ2v) is 14.0. The van der Waals surface area contributed by atoms with Gasteiger partial charge in [-0.3, -0.25) is 9.59 Å². The van der Waals surface area contributed by atoms with Crippen LogP contribution in [0.2, 0.25) is 0 Å². The second-order valence-electron chi connectivity index (χ2n) is 11.4. The third kappa shape index (κ3) is 7.20. The Balaban J connectivity index is 1.12. The van der Waals surface area contributed by atoms with Crippen molar-refractivity contribution in [1.82, 2.24) is 15.6 Å². The van der Waals surface area contributed by atoms with Crippen molar-refractivity contribution in [2.24, 2.45) is 5.92 Å². The number of alkyl carbamates (subject to hydrolysis) is 1. The van der Waals surface area contributed by atoms with Crippen molar-refractivity contribution < 1.29 is 23.3 Å². The number of nitrogens with one attached hydrogen (secondary N) is 3. The van der Waals surface area contributed by atoms with Crippen LogP contribution in [-0.4, -0.2) is 38.7 Å². The zero-order valence-corrected chi connectivity index (χ0v) is 25.0. The maximum Gasteiger partial charge on any atom is 0.407 e. The Bertz CT molecular complexity index is 1490. The van der Waals surface area contributed by atoms with Crippen molar-refractivity contribution in [3.05, 3.63) is 69.7 Å². The van der Waals surface area contributed by atoms with Gasteiger partial charge in [-0.05, 0) is 82.7 Å². The van der Waals surface area contributed by atoms with Crippen molar-refractivity contribution in [2.45, 2.75) is 80.9 Å². The third-order valence-electron chi connectivity index (χ3n) is 7.08. The average Bonchev–Trinajstić information content (AvgIpc) is 3.34. The molecule has 1 atom stereocenters. The Hall–Kier alpha value is -3.57. The molecule has 216 valence electrons. The molecular formula is C30H34N4O5S2. The van der Waals surface area contributed by atoms with Gasteiger partial charge >= 0.3 is 6.09 Å². The van der Waals surface area contributed by atoms with Gasteiger partial charge in [0.25, 0.3) is 11.8 Å². The van der Waals surface area contributed by atoms with Crippen molar-refractivity contribution in [3.63, 3.8) is 0 Å². The molecule has 1 aliphatic heterocycles. The number of anilines is 1. The number of hydrogen-bond donors (Lipinski definition) is 3. The predicted octanol–water partition coefficient (Wildman–Crippen LogP) is 5.43. The molecule has 11 heteroatoms. The fourth-order valence-electron chi connectivity index (χ4n) is 5.08. The first-order chi connectivity index (χ1) is 19.6. The first-order valence-electron chi connectivity index (χ1n) is 13.7. The zero-order valence-electron chi connectivity index (χ0n) is 23.3. The number of rotatable bonds is 6. The van der Waals surface area contributed by atoms with Crippen molar-refractivity contribution >= 4 is 45.7 Å². The molecule has 41 heavy (non-hydrogen) atoms. The molecule has 2 heterocycles. The van der Waals surface area contributed by atoms with E-state index >= 15 is 0 Å². The Kier molecular flexibility index (Phi) is 8.55. The van der Waals surface area contributed by atoms with E-state index in [1.807, 2.05) is 20.8 Å². The third-order valence-corrected chi connectivity index (χ3v) is 9.61. The molecule has 0 saturated heterocycles. The largest absolute Gasteiger partial charge is 0.444 e. The molecular weight excluding hydrogens is 560 g/mol. The van der Waals surface area contributed by atoms with E-state index in [1.165, 1.54) is 0 Å². The lowest BCUT2D eigenvalue weighted by Gasteiger charge is -2.29. The molecule has 0 bridgehead atoms. The number of nitrogens with zero attached hydrogens (tertiary/aromatic N) is 1. The summed E-state index contributed by atoms with van der Waals surface area (Å²) in [5.41, 5.74) is 0.594. The summed E-state index contributed by atoms with van der Waals surface area (Å²) in [6, 6.07) is 11.8. The standard InChI is InChI=1S/C30H34N4O5S2/c1-30(2,3)39-29(37)33-20-11-8-18(9-12-20)14-26-31-16-21(40-26)17-32-27(35)19-10-13-25-23(15-19)34-28(36)22-6-4-5-7-24(22)41(25)38/h4-7,10,13,15-16,18,20H,8-9,11-12,14,17H2,1-3H3,(H,32,35)(H,33,37)(H,34,36). The number of fused-ring (bicyclic) bond motifs is 2. The summed E-state index contributed by atoms with van der Waals surface area (Å²) in [7, 11) is -1.54. The van der Waals surface area contributed by atoms with Gasteiger partial charge < -0.3 is 20.7 Å². The first-order valence-corrected chi connectivity index (χ1v) is 15.7. The smallest absolute Gasteiger partial charge is 0.407 e. The quantitative estimate of drug-likeness (QED) is 0.349. The van der Waals surface area contributed by atoms with Gasteiger partial charge in [-0.1, -0.05) is 12.1 Å². The van der Waals surface area contributed by atoms with E-state index in [2.05, 4.69) is 20.9 Å². The summed E-state index contributed by atoms with van der Waals surface area (Å²) >= 11 is 1.59. The van der Waals surface area contributed by atoms with Crippen LogP contribution < -0.4 is 16.0 Å². The molecule has 2 aromatic carbocycles. The van der Waals surface area contributed by atoms with Gasteiger partial charge in [0.05, 0.1) is 43.4 Å². The van der Waals surface area contributed by atoms with Gasteiger partial charge in [0.2, 0.25) is 0 Å². The molecule has 1 fully saturated rings.